The second-order valence-corrected chi connectivity index (χ2v) is 3.85. The normalized spacial score (nSPS) is 10.3. The second-order valence-electron chi connectivity index (χ2n) is 3.85. The number of benzene rings is 1. The van der Waals surface area contributed by atoms with E-state index in [1.165, 1.54) is 18.4 Å². The molecular formula is C13H14N2O4. The number of nitrogens with zero attached hydrogens (tertiary/aromatic N) is 1. The summed E-state index contributed by atoms with van der Waals surface area (Å²) in [7, 11) is 0. The van der Waals surface area contributed by atoms with E-state index in [4.69, 9.17) is 14.4 Å². The molecule has 2 aromatic rings. The summed E-state index contributed by atoms with van der Waals surface area (Å²) >= 11 is 0. The Morgan fingerprint density at radius 3 is 3.05 bits per heavy atom. The Balaban J connectivity index is 1.70. The van der Waals surface area contributed by atoms with Crippen LogP contribution in [0.2, 0.25) is 0 Å². The van der Waals surface area contributed by atoms with Gasteiger partial charge in [-0.25, -0.2) is 4.79 Å². The summed E-state index contributed by atoms with van der Waals surface area (Å²) in [5.41, 5.74) is 1.04. The number of ether oxygens (including phenoxy) is 1. The van der Waals surface area contributed by atoms with E-state index in [0.717, 1.165) is 5.69 Å². The molecule has 0 spiro atoms. The maximum Gasteiger partial charge on any atom is 0.335 e. The molecule has 0 aliphatic carbocycles. The first-order chi connectivity index (χ1) is 9.25. The molecule has 0 unspecified atom stereocenters. The second kappa shape index (κ2) is 6.55. The highest BCUT2D eigenvalue weighted by molar-refractivity contribution is 5.87. The van der Waals surface area contributed by atoms with Crippen LogP contribution in [0, 0.1) is 0 Å². The van der Waals surface area contributed by atoms with Gasteiger partial charge >= 0.3 is 5.97 Å². The monoisotopic (exact) mass is 262 g/mol. The van der Waals surface area contributed by atoms with E-state index in [0.29, 0.717) is 25.4 Å². The zero-order valence-electron chi connectivity index (χ0n) is 10.2. The predicted octanol–water partition coefficient (Wildman–Crippen LogP) is 1.54. The molecule has 1 heterocycles. The summed E-state index contributed by atoms with van der Waals surface area (Å²) in [6.07, 6.45) is 1.52. The lowest BCUT2D eigenvalue weighted by molar-refractivity contribution is 0.0696. The number of carboxylic acids is 1. The fourth-order valence-corrected chi connectivity index (χ4v) is 1.51. The molecule has 2 rings (SSSR count). The van der Waals surface area contributed by atoms with Gasteiger partial charge in [-0.15, -0.1) is 0 Å². The largest absolute Gasteiger partial charge is 0.492 e. The predicted molar refractivity (Wildman–Crippen MR) is 67.1 cm³/mol. The summed E-state index contributed by atoms with van der Waals surface area (Å²) < 4.78 is 10.1. The van der Waals surface area contributed by atoms with E-state index < -0.39 is 5.97 Å². The Bertz CT molecular complexity index is 525. The average molecular weight is 262 g/mol. The lowest BCUT2D eigenvalue weighted by atomic mass is 10.2. The number of carboxylic acid groups (broad SMARTS) is 1. The van der Waals surface area contributed by atoms with Crippen molar-refractivity contribution in [2.24, 2.45) is 0 Å². The smallest absolute Gasteiger partial charge is 0.335 e. The van der Waals surface area contributed by atoms with E-state index >= 15 is 0 Å². The van der Waals surface area contributed by atoms with Gasteiger partial charge in [0.05, 0.1) is 11.3 Å². The Morgan fingerprint density at radius 2 is 2.32 bits per heavy atom. The molecule has 0 bridgehead atoms. The highest BCUT2D eigenvalue weighted by Crippen LogP contribution is 2.12. The van der Waals surface area contributed by atoms with Gasteiger partial charge in [0.1, 0.15) is 18.6 Å². The van der Waals surface area contributed by atoms with Crippen LogP contribution >= 0.6 is 0 Å². The molecule has 6 nitrogen and oxygen atoms in total. The minimum Gasteiger partial charge on any atom is -0.492 e. The Morgan fingerprint density at radius 1 is 1.42 bits per heavy atom. The number of carbonyl (C=O) groups is 1. The molecule has 0 radical (unpaired) electrons. The highest BCUT2D eigenvalue weighted by Gasteiger charge is 2.03. The van der Waals surface area contributed by atoms with Gasteiger partial charge in [-0.1, -0.05) is 11.2 Å². The van der Waals surface area contributed by atoms with Gasteiger partial charge < -0.3 is 19.7 Å². The average Bonchev–Trinajstić information content (AvgIpc) is 2.92. The third-order valence-corrected chi connectivity index (χ3v) is 2.43. The van der Waals surface area contributed by atoms with Gasteiger partial charge in [-0.05, 0) is 18.2 Å². The number of nitrogens with one attached hydrogen (secondary N) is 1. The van der Waals surface area contributed by atoms with Gasteiger partial charge in [0.15, 0.2) is 0 Å². The molecule has 0 saturated carbocycles. The standard InChI is InChI=1S/C13H14N2O4/c16-13(17)10-2-1-3-12(8-10)18-7-5-14-9-11-4-6-19-15-11/h1-4,6,8,14H,5,7,9H2,(H,16,17). The van der Waals surface area contributed by atoms with Crippen LogP contribution in [0.1, 0.15) is 16.1 Å². The van der Waals surface area contributed by atoms with Gasteiger partial charge in [0.2, 0.25) is 0 Å². The van der Waals surface area contributed by atoms with Crippen LogP contribution < -0.4 is 10.1 Å². The van der Waals surface area contributed by atoms with Gasteiger partial charge in [0.25, 0.3) is 0 Å². The van der Waals surface area contributed by atoms with Crippen LogP contribution in [0.4, 0.5) is 0 Å². The number of rotatable bonds is 7. The molecule has 19 heavy (non-hydrogen) atoms. The molecule has 1 aromatic heterocycles. The summed E-state index contributed by atoms with van der Waals surface area (Å²) in [4.78, 5) is 10.8. The molecule has 0 amide bonds. The van der Waals surface area contributed by atoms with Crippen LogP contribution in [0.15, 0.2) is 41.1 Å². The first kappa shape index (κ1) is 13.1. The van der Waals surface area contributed by atoms with Crippen LogP contribution in [-0.2, 0) is 6.54 Å². The maximum absolute atomic E-state index is 10.8. The molecule has 1 aromatic carbocycles. The Labute approximate surface area is 110 Å². The number of hydrogen-bond acceptors (Lipinski definition) is 5. The molecule has 2 N–H and O–H groups in total. The number of hydrogen-bond donors (Lipinski definition) is 2. The van der Waals surface area contributed by atoms with E-state index in [9.17, 15) is 4.79 Å². The van der Waals surface area contributed by atoms with Crippen molar-refractivity contribution in [3.63, 3.8) is 0 Å². The molecular weight excluding hydrogens is 248 g/mol. The summed E-state index contributed by atoms with van der Waals surface area (Å²) in [6.45, 7) is 1.68. The van der Waals surface area contributed by atoms with Crippen LogP contribution in [-0.4, -0.2) is 29.4 Å². The summed E-state index contributed by atoms with van der Waals surface area (Å²) in [5.74, 6) is -0.419. The SMILES string of the molecule is O=C(O)c1cccc(OCCNCc2ccon2)c1. The molecule has 100 valence electrons. The summed E-state index contributed by atoms with van der Waals surface area (Å²) in [6, 6.07) is 8.19. The third-order valence-electron chi connectivity index (χ3n) is 2.43. The van der Waals surface area contributed by atoms with Crippen LogP contribution in [0.25, 0.3) is 0 Å². The van der Waals surface area contributed by atoms with Crippen molar-refractivity contribution in [1.82, 2.24) is 10.5 Å². The fourth-order valence-electron chi connectivity index (χ4n) is 1.51. The van der Waals surface area contributed by atoms with E-state index in [-0.39, 0.29) is 5.56 Å². The molecule has 0 fully saturated rings. The molecule has 0 aliphatic rings. The zero-order chi connectivity index (χ0) is 13.5. The minimum absolute atomic E-state index is 0.216. The molecule has 0 saturated heterocycles. The van der Waals surface area contributed by atoms with E-state index in [1.54, 1.807) is 18.2 Å². The highest BCUT2D eigenvalue weighted by atomic mass is 16.5. The molecule has 6 heteroatoms. The van der Waals surface area contributed by atoms with Gasteiger partial charge in [-0.3, -0.25) is 0 Å². The lowest BCUT2D eigenvalue weighted by Gasteiger charge is -2.07. The third kappa shape index (κ3) is 4.11. The quantitative estimate of drug-likeness (QED) is 0.736. The van der Waals surface area contributed by atoms with Crippen molar-refractivity contribution in [3.8, 4) is 5.75 Å². The first-order valence-electron chi connectivity index (χ1n) is 5.82. The van der Waals surface area contributed by atoms with Crippen molar-refractivity contribution >= 4 is 5.97 Å². The summed E-state index contributed by atoms with van der Waals surface area (Å²) in [5, 5.41) is 15.7. The number of aromatic carboxylic acids is 1. The van der Waals surface area contributed by atoms with E-state index in [2.05, 4.69) is 10.5 Å². The topological polar surface area (TPSA) is 84.6 Å². The van der Waals surface area contributed by atoms with Crippen LogP contribution in [0.5, 0.6) is 5.75 Å². The first-order valence-corrected chi connectivity index (χ1v) is 5.82. The molecule has 0 atom stereocenters. The van der Waals surface area contributed by atoms with Gasteiger partial charge in [0, 0.05) is 19.2 Å². The number of aromatic nitrogens is 1. The van der Waals surface area contributed by atoms with Crippen LogP contribution in [0.3, 0.4) is 0 Å². The maximum atomic E-state index is 10.8. The Kier molecular flexibility index (Phi) is 4.52. The van der Waals surface area contributed by atoms with Crippen molar-refractivity contribution in [1.29, 1.82) is 0 Å². The van der Waals surface area contributed by atoms with Gasteiger partial charge in [-0.2, -0.15) is 0 Å². The molecule has 0 aliphatic heterocycles. The Hall–Kier alpha value is -2.34. The van der Waals surface area contributed by atoms with Crippen molar-refractivity contribution < 1.29 is 19.2 Å². The zero-order valence-corrected chi connectivity index (χ0v) is 10.2. The fraction of sp³-hybridized carbons (Fsp3) is 0.231. The van der Waals surface area contributed by atoms with E-state index in [1.807, 2.05) is 0 Å². The van der Waals surface area contributed by atoms with Crippen molar-refractivity contribution in [2.75, 3.05) is 13.2 Å². The van der Waals surface area contributed by atoms with Crippen molar-refractivity contribution in [2.45, 2.75) is 6.54 Å². The minimum atomic E-state index is -0.963. The van der Waals surface area contributed by atoms with Crippen molar-refractivity contribution in [3.05, 3.63) is 47.9 Å². The lowest BCUT2D eigenvalue weighted by Crippen LogP contribution is -2.20.